The van der Waals surface area contributed by atoms with Gasteiger partial charge < -0.3 is 14.6 Å². The van der Waals surface area contributed by atoms with Crippen LogP contribution in [0, 0.1) is 0 Å². The standard InChI is InChI=1S/C17H15ClF3NO2.C16H13ClF3NO3/c1-3-11-6-13(22-15(7-11)10(2)23)9-24-16-5-4-12(8-14(16)18)17(19,20)21;1-2-9-5-11(21-13(6-9)15(22)23)8-24-14-4-3-10(7-12(14)17)16(18,19)20/h4-8H,3,9H2,1-2H3;3-7H,2,8H2,1H3,(H,22,23). The van der Waals surface area contributed by atoms with Crippen LogP contribution in [0.5, 0.6) is 11.5 Å². The van der Waals surface area contributed by atoms with Gasteiger partial charge in [-0.3, -0.25) is 4.79 Å². The number of ether oxygens (including phenoxy) is 2. The molecular formula is C33H28Cl2F6N2O5. The van der Waals surface area contributed by atoms with Crippen LogP contribution in [-0.2, 0) is 38.4 Å². The van der Waals surface area contributed by atoms with E-state index >= 15 is 0 Å². The van der Waals surface area contributed by atoms with E-state index in [2.05, 4.69) is 9.97 Å². The van der Waals surface area contributed by atoms with Gasteiger partial charge in [0.1, 0.15) is 36.1 Å². The zero-order valence-corrected chi connectivity index (χ0v) is 27.1. The number of hydrogen-bond acceptors (Lipinski definition) is 6. The molecule has 0 spiro atoms. The van der Waals surface area contributed by atoms with Gasteiger partial charge in [0, 0.05) is 6.92 Å². The molecule has 0 fully saturated rings. The molecule has 0 aliphatic rings. The molecular weight excluding hydrogens is 689 g/mol. The van der Waals surface area contributed by atoms with Crippen molar-refractivity contribution in [1.29, 1.82) is 0 Å². The quantitative estimate of drug-likeness (QED) is 0.129. The first-order chi connectivity index (χ1) is 22.4. The van der Waals surface area contributed by atoms with Crippen molar-refractivity contribution < 1.29 is 50.5 Å². The van der Waals surface area contributed by atoms with Gasteiger partial charge in [0.25, 0.3) is 0 Å². The van der Waals surface area contributed by atoms with E-state index in [-0.39, 0.29) is 46.2 Å². The zero-order chi connectivity index (χ0) is 35.8. The molecule has 0 amide bonds. The number of aromatic nitrogens is 2. The molecule has 4 aromatic rings. The lowest BCUT2D eigenvalue weighted by Gasteiger charge is -2.12. The molecule has 0 saturated heterocycles. The van der Waals surface area contributed by atoms with E-state index in [0.29, 0.717) is 23.5 Å². The van der Waals surface area contributed by atoms with Crippen molar-refractivity contribution in [2.75, 3.05) is 0 Å². The van der Waals surface area contributed by atoms with Crippen LogP contribution in [-0.4, -0.2) is 26.8 Å². The number of carboxylic acids is 1. The first-order valence-electron chi connectivity index (χ1n) is 14.1. The van der Waals surface area contributed by atoms with Crippen LogP contribution in [0.2, 0.25) is 10.0 Å². The summed E-state index contributed by atoms with van der Waals surface area (Å²) in [7, 11) is 0. The highest BCUT2D eigenvalue weighted by Crippen LogP contribution is 2.36. The highest BCUT2D eigenvalue weighted by molar-refractivity contribution is 6.32. The van der Waals surface area contributed by atoms with E-state index in [1.165, 1.54) is 19.1 Å². The number of carbonyl (C=O) groups is 2. The number of aromatic carboxylic acids is 1. The highest BCUT2D eigenvalue weighted by Gasteiger charge is 2.32. The summed E-state index contributed by atoms with van der Waals surface area (Å²) in [4.78, 5) is 30.7. The molecule has 0 aliphatic carbocycles. The second kappa shape index (κ2) is 16.2. The van der Waals surface area contributed by atoms with Gasteiger partial charge in [0.15, 0.2) is 5.78 Å². The maximum atomic E-state index is 12.6. The number of nitrogens with zero attached hydrogens (tertiary/aromatic N) is 2. The van der Waals surface area contributed by atoms with Crippen molar-refractivity contribution in [3.63, 3.8) is 0 Å². The molecule has 2 heterocycles. The lowest BCUT2D eigenvalue weighted by molar-refractivity contribution is -0.138. The number of rotatable bonds is 10. The number of ketones is 1. The number of carboxylic acid groups (broad SMARTS) is 1. The maximum Gasteiger partial charge on any atom is 0.416 e. The monoisotopic (exact) mass is 716 g/mol. The van der Waals surface area contributed by atoms with Crippen LogP contribution in [0.4, 0.5) is 26.3 Å². The normalized spacial score (nSPS) is 11.4. The second-order valence-electron chi connectivity index (χ2n) is 10.1. The molecule has 2 aromatic heterocycles. The Bertz CT molecular complexity index is 1650. The van der Waals surface area contributed by atoms with Crippen molar-refractivity contribution in [2.45, 2.75) is 59.2 Å². The van der Waals surface area contributed by atoms with Crippen molar-refractivity contribution in [3.05, 3.63) is 116 Å². The summed E-state index contributed by atoms with van der Waals surface area (Å²) >= 11 is 11.6. The van der Waals surface area contributed by atoms with Crippen LogP contribution in [0.15, 0.2) is 60.7 Å². The average Bonchev–Trinajstić information content (AvgIpc) is 3.02. The fourth-order valence-corrected chi connectivity index (χ4v) is 4.51. The van der Waals surface area contributed by atoms with Crippen LogP contribution < -0.4 is 9.47 Å². The fourth-order valence-electron chi connectivity index (χ4n) is 4.04. The van der Waals surface area contributed by atoms with E-state index in [4.69, 9.17) is 37.8 Å². The Labute approximate surface area is 281 Å². The minimum atomic E-state index is -4.49. The molecule has 0 unspecified atom stereocenters. The maximum absolute atomic E-state index is 12.6. The SMILES string of the molecule is CCc1cc(COc2ccc(C(F)(F)F)cc2Cl)nc(C(=O)O)c1.CCc1cc(COc2ccc(C(F)(F)F)cc2Cl)nc(C(C)=O)c1. The first-order valence-corrected chi connectivity index (χ1v) is 14.9. The molecule has 0 bridgehead atoms. The summed E-state index contributed by atoms with van der Waals surface area (Å²) in [6, 6.07) is 12.2. The Balaban J connectivity index is 0.000000260. The van der Waals surface area contributed by atoms with Gasteiger partial charge in [0.2, 0.25) is 0 Å². The number of pyridine rings is 2. The van der Waals surface area contributed by atoms with E-state index < -0.39 is 29.4 Å². The molecule has 15 heteroatoms. The van der Waals surface area contributed by atoms with Crippen LogP contribution in [0.1, 0.15) is 75.4 Å². The lowest BCUT2D eigenvalue weighted by atomic mass is 10.1. The Morgan fingerprint density at radius 2 is 1.08 bits per heavy atom. The fraction of sp³-hybridized carbons (Fsp3) is 0.273. The number of hydrogen-bond donors (Lipinski definition) is 1. The van der Waals surface area contributed by atoms with Gasteiger partial charge in [-0.05, 0) is 84.6 Å². The highest BCUT2D eigenvalue weighted by atomic mass is 35.5. The summed E-state index contributed by atoms with van der Waals surface area (Å²) < 4.78 is 86.4. The Hall–Kier alpha value is -4.36. The predicted octanol–water partition coefficient (Wildman–Crippen LogP) is 9.69. The molecule has 4 rings (SSSR count). The summed E-state index contributed by atoms with van der Waals surface area (Å²) in [6.07, 6.45) is -7.63. The van der Waals surface area contributed by atoms with Gasteiger partial charge in [-0.25, -0.2) is 14.8 Å². The first kappa shape index (κ1) is 38.1. The molecule has 48 heavy (non-hydrogen) atoms. The number of halogens is 8. The van der Waals surface area contributed by atoms with Crippen LogP contribution in [0.3, 0.4) is 0 Å². The number of Topliss-reactive ketones (excluding diaryl/α,β-unsaturated/α-hetero) is 1. The number of aryl methyl sites for hydroxylation is 2. The van der Waals surface area contributed by atoms with Crippen molar-refractivity contribution in [2.24, 2.45) is 0 Å². The predicted molar refractivity (Wildman–Crippen MR) is 166 cm³/mol. The summed E-state index contributed by atoms with van der Waals surface area (Å²) in [5.41, 5.74) is 1.03. The molecule has 0 atom stereocenters. The molecule has 0 aliphatic heterocycles. The Morgan fingerprint density at radius 3 is 1.42 bits per heavy atom. The topological polar surface area (TPSA) is 98.6 Å². The summed E-state index contributed by atoms with van der Waals surface area (Å²) in [5.74, 6) is -1.15. The van der Waals surface area contributed by atoms with Gasteiger partial charge in [-0.2, -0.15) is 26.3 Å². The number of alkyl halides is 6. The van der Waals surface area contributed by atoms with Gasteiger partial charge in [0.05, 0.1) is 32.6 Å². The molecule has 2 aromatic carbocycles. The molecule has 1 N–H and O–H groups in total. The number of carbonyl (C=O) groups excluding carboxylic acids is 1. The van der Waals surface area contributed by atoms with E-state index in [0.717, 1.165) is 47.9 Å². The molecule has 256 valence electrons. The van der Waals surface area contributed by atoms with Gasteiger partial charge >= 0.3 is 18.3 Å². The van der Waals surface area contributed by atoms with Crippen LogP contribution in [0.25, 0.3) is 0 Å². The molecule has 7 nitrogen and oxygen atoms in total. The zero-order valence-electron chi connectivity index (χ0n) is 25.6. The Morgan fingerprint density at radius 1 is 0.688 bits per heavy atom. The minimum Gasteiger partial charge on any atom is -0.486 e. The smallest absolute Gasteiger partial charge is 0.416 e. The third-order valence-electron chi connectivity index (χ3n) is 6.54. The van der Waals surface area contributed by atoms with Crippen molar-refractivity contribution in [3.8, 4) is 11.5 Å². The molecule has 0 radical (unpaired) electrons. The second-order valence-corrected chi connectivity index (χ2v) is 11.0. The van der Waals surface area contributed by atoms with Crippen molar-refractivity contribution >= 4 is 35.0 Å². The largest absolute Gasteiger partial charge is 0.486 e. The number of benzene rings is 2. The van der Waals surface area contributed by atoms with Gasteiger partial charge in [-0.1, -0.05) is 37.0 Å². The summed E-state index contributed by atoms with van der Waals surface area (Å²) in [5, 5.41) is 8.71. The van der Waals surface area contributed by atoms with E-state index in [1.807, 2.05) is 13.8 Å². The van der Waals surface area contributed by atoms with E-state index in [1.54, 1.807) is 18.2 Å². The third kappa shape index (κ3) is 10.8. The average molecular weight is 717 g/mol. The minimum absolute atomic E-state index is 0.000789. The molecule has 0 saturated carbocycles. The van der Waals surface area contributed by atoms with E-state index in [9.17, 15) is 35.9 Å². The third-order valence-corrected chi connectivity index (χ3v) is 7.13. The van der Waals surface area contributed by atoms with Crippen LogP contribution >= 0.6 is 23.2 Å². The van der Waals surface area contributed by atoms with Crippen molar-refractivity contribution in [1.82, 2.24) is 9.97 Å². The lowest BCUT2D eigenvalue weighted by Crippen LogP contribution is -2.08. The Kier molecular flexibility index (Phi) is 12.8. The van der Waals surface area contributed by atoms with Gasteiger partial charge in [-0.15, -0.1) is 0 Å². The summed E-state index contributed by atoms with van der Waals surface area (Å²) in [6.45, 7) is 5.10.